The van der Waals surface area contributed by atoms with Gasteiger partial charge in [-0.2, -0.15) is 0 Å². The molecule has 110 valence electrons. The molecule has 0 saturated carbocycles. The predicted octanol–water partition coefficient (Wildman–Crippen LogP) is 0.336. The molecule has 7 heteroatoms. The van der Waals surface area contributed by atoms with E-state index >= 15 is 0 Å². The zero-order valence-electron chi connectivity index (χ0n) is 11.9. The van der Waals surface area contributed by atoms with Crippen LogP contribution in [0.5, 0.6) is 0 Å². The lowest BCUT2D eigenvalue weighted by Gasteiger charge is -2.20. The average Bonchev–Trinajstić information content (AvgIpc) is 2.82. The fraction of sp³-hybridized carbons (Fsp3) is 0.692. The standard InChI is InChI=1S/C13H20N4O3/c1-9(13(19)20)7-16(2)12(18)8-17-11-6-4-3-5-10(11)14-15-17/h9H,3-8H2,1-2H3,(H,19,20)/t9-/m1/s1. The first-order valence-electron chi connectivity index (χ1n) is 6.87. The quantitative estimate of drug-likeness (QED) is 0.840. The van der Waals surface area contributed by atoms with Crippen LogP contribution in [0.4, 0.5) is 0 Å². The van der Waals surface area contributed by atoms with E-state index in [-0.39, 0.29) is 19.0 Å². The van der Waals surface area contributed by atoms with Crippen molar-refractivity contribution in [2.45, 2.75) is 39.2 Å². The first-order valence-corrected chi connectivity index (χ1v) is 6.87. The number of nitrogens with zero attached hydrogens (tertiary/aromatic N) is 4. The number of fused-ring (bicyclic) bond motifs is 1. The number of carbonyl (C=O) groups excluding carboxylic acids is 1. The van der Waals surface area contributed by atoms with Gasteiger partial charge in [0.15, 0.2) is 0 Å². The summed E-state index contributed by atoms with van der Waals surface area (Å²) in [5.74, 6) is -1.62. The molecule has 2 rings (SSSR count). The minimum atomic E-state index is -0.900. The molecule has 0 aromatic carbocycles. The molecular weight excluding hydrogens is 260 g/mol. The Bertz CT molecular complexity index is 512. The lowest BCUT2D eigenvalue weighted by atomic mass is 10.0. The van der Waals surface area contributed by atoms with Crippen molar-refractivity contribution in [2.24, 2.45) is 5.92 Å². The Morgan fingerprint density at radius 3 is 2.80 bits per heavy atom. The van der Waals surface area contributed by atoms with Crippen LogP contribution in [0.3, 0.4) is 0 Å². The summed E-state index contributed by atoms with van der Waals surface area (Å²) < 4.78 is 1.65. The maximum absolute atomic E-state index is 12.1. The Kier molecular flexibility index (Phi) is 4.36. The number of amides is 1. The molecule has 0 bridgehead atoms. The van der Waals surface area contributed by atoms with Crippen LogP contribution in [0.15, 0.2) is 0 Å². The molecule has 1 aliphatic carbocycles. The SMILES string of the molecule is C[C@H](CN(C)C(=O)Cn1nnc2c1CCCC2)C(=O)O. The second-order valence-electron chi connectivity index (χ2n) is 5.36. The second kappa shape index (κ2) is 6.02. The molecule has 0 saturated heterocycles. The molecule has 1 amide bonds. The smallest absolute Gasteiger partial charge is 0.308 e. The molecule has 1 aliphatic rings. The summed E-state index contributed by atoms with van der Waals surface area (Å²) in [5.41, 5.74) is 2.04. The molecule has 1 heterocycles. The van der Waals surface area contributed by atoms with E-state index in [2.05, 4.69) is 10.3 Å². The number of likely N-dealkylation sites (N-methyl/N-ethyl adjacent to an activating group) is 1. The summed E-state index contributed by atoms with van der Waals surface area (Å²) in [7, 11) is 1.62. The molecule has 0 fully saturated rings. The van der Waals surface area contributed by atoms with Gasteiger partial charge >= 0.3 is 5.97 Å². The zero-order chi connectivity index (χ0) is 14.7. The van der Waals surface area contributed by atoms with Crippen molar-refractivity contribution in [3.63, 3.8) is 0 Å². The molecule has 1 N–H and O–H groups in total. The molecule has 20 heavy (non-hydrogen) atoms. The number of hydrogen-bond donors (Lipinski definition) is 1. The first-order chi connectivity index (χ1) is 9.49. The molecule has 0 unspecified atom stereocenters. The maximum atomic E-state index is 12.1. The number of aliphatic carboxylic acids is 1. The van der Waals surface area contributed by atoms with Crippen molar-refractivity contribution in [3.8, 4) is 0 Å². The minimum Gasteiger partial charge on any atom is -0.481 e. The van der Waals surface area contributed by atoms with Crippen LogP contribution in [0, 0.1) is 5.92 Å². The van der Waals surface area contributed by atoms with Gasteiger partial charge in [0, 0.05) is 13.6 Å². The lowest BCUT2D eigenvalue weighted by Crippen LogP contribution is -2.36. The van der Waals surface area contributed by atoms with Gasteiger partial charge in [-0.25, -0.2) is 4.68 Å². The Morgan fingerprint density at radius 2 is 2.10 bits per heavy atom. The predicted molar refractivity (Wildman–Crippen MR) is 71.1 cm³/mol. The number of carboxylic acid groups (broad SMARTS) is 1. The Morgan fingerprint density at radius 1 is 1.40 bits per heavy atom. The minimum absolute atomic E-state index is 0.130. The average molecular weight is 280 g/mol. The van der Waals surface area contributed by atoms with Crippen molar-refractivity contribution in [1.82, 2.24) is 19.9 Å². The molecule has 0 radical (unpaired) electrons. The van der Waals surface area contributed by atoms with Crippen molar-refractivity contribution in [1.29, 1.82) is 0 Å². The summed E-state index contributed by atoms with van der Waals surface area (Å²) >= 11 is 0. The third-order valence-electron chi connectivity index (χ3n) is 3.68. The summed E-state index contributed by atoms with van der Waals surface area (Å²) in [4.78, 5) is 24.3. The van der Waals surface area contributed by atoms with Gasteiger partial charge in [0.2, 0.25) is 5.91 Å². The third-order valence-corrected chi connectivity index (χ3v) is 3.68. The summed E-state index contributed by atoms with van der Waals surface area (Å²) in [6, 6.07) is 0. The zero-order valence-corrected chi connectivity index (χ0v) is 11.9. The highest BCUT2D eigenvalue weighted by Gasteiger charge is 2.21. The number of carbonyl (C=O) groups is 2. The normalized spacial score (nSPS) is 15.5. The molecule has 1 atom stereocenters. The van der Waals surface area contributed by atoms with E-state index in [1.165, 1.54) is 4.90 Å². The van der Waals surface area contributed by atoms with E-state index < -0.39 is 11.9 Å². The van der Waals surface area contributed by atoms with Crippen molar-refractivity contribution in [2.75, 3.05) is 13.6 Å². The summed E-state index contributed by atoms with van der Waals surface area (Å²) in [6.07, 6.45) is 4.05. The van der Waals surface area contributed by atoms with E-state index in [1.807, 2.05) is 0 Å². The number of aryl methyl sites for hydroxylation is 1. The molecule has 1 aromatic heterocycles. The van der Waals surface area contributed by atoms with E-state index in [0.717, 1.165) is 37.1 Å². The van der Waals surface area contributed by atoms with Gasteiger partial charge in [-0.05, 0) is 25.7 Å². The topological polar surface area (TPSA) is 88.3 Å². The summed E-state index contributed by atoms with van der Waals surface area (Å²) in [6.45, 7) is 1.92. The lowest BCUT2D eigenvalue weighted by molar-refractivity contribution is -0.142. The monoisotopic (exact) mass is 280 g/mol. The van der Waals surface area contributed by atoms with E-state index in [4.69, 9.17) is 5.11 Å². The van der Waals surface area contributed by atoms with Crippen LogP contribution in [-0.4, -0.2) is 50.5 Å². The van der Waals surface area contributed by atoms with E-state index in [0.29, 0.717) is 0 Å². The van der Waals surface area contributed by atoms with E-state index in [1.54, 1.807) is 18.7 Å². The van der Waals surface area contributed by atoms with Crippen LogP contribution in [0.1, 0.15) is 31.2 Å². The molecular formula is C13H20N4O3. The summed E-state index contributed by atoms with van der Waals surface area (Å²) in [5, 5.41) is 17.0. The highest BCUT2D eigenvalue weighted by atomic mass is 16.4. The van der Waals surface area contributed by atoms with Crippen LogP contribution >= 0.6 is 0 Å². The molecule has 7 nitrogen and oxygen atoms in total. The van der Waals surface area contributed by atoms with Gasteiger partial charge in [0.1, 0.15) is 6.54 Å². The number of hydrogen-bond acceptors (Lipinski definition) is 4. The highest BCUT2D eigenvalue weighted by molar-refractivity contribution is 5.77. The molecule has 0 aliphatic heterocycles. The second-order valence-corrected chi connectivity index (χ2v) is 5.36. The van der Waals surface area contributed by atoms with Gasteiger partial charge in [0.05, 0.1) is 17.3 Å². The van der Waals surface area contributed by atoms with Gasteiger partial charge < -0.3 is 10.0 Å². The Labute approximate surface area is 117 Å². The van der Waals surface area contributed by atoms with E-state index in [9.17, 15) is 9.59 Å². The van der Waals surface area contributed by atoms with Crippen LogP contribution in [-0.2, 0) is 29.0 Å². The van der Waals surface area contributed by atoms with Crippen LogP contribution in [0.25, 0.3) is 0 Å². The van der Waals surface area contributed by atoms with Gasteiger partial charge in [0.25, 0.3) is 0 Å². The maximum Gasteiger partial charge on any atom is 0.308 e. The van der Waals surface area contributed by atoms with Crippen LogP contribution < -0.4 is 0 Å². The number of aromatic nitrogens is 3. The first kappa shape index (κ1) is 14.5. The fourth-order valence-corrected chi connectivity index (χ4v) is 2.39. The van der Waals surface area contributed by atoms with Crippen molar-refractivity contribution < 1.29 is 14.7 Å². The van der Waals surface area contributed by atoms with Gasteiger partial charge in [-0.1, -0.05) is 12.1 Å². The third kappa shape index (κ3) is 3.15. The molecule has 1 aromatic rings. The highest BCUT2D eigenvalue weighted by Crippen LogP contribution is 2.18. The van der Waals surface area contributed by atoms with Crippen LogP contribution in [0.2, 0.25) is 0 Å². The fourth-order valence-electron chi connectivity index (χ4n) is 2.39. The largest absolute Gasteiger partial charge is 0.481 e. The van der Waals surface area contributed by atoms with Crippen molar-refractivity contribution >= 4 is 11.9 Å². The Hall–Kier alpha value is -1.92. The molecule has 0 spiro atoms. The number of carboxylic acids is 1. The van der Waals surface area contributed by atoms with Gasteiger partial charge in [-0.3, -0.25) is 9.59 Å². The number of rotatable bonds is 5. The van der Waals surface area contributed by atoms with Crippen molar-refractivity contribution in [3.05, 3.63) is 11.4 Å². The Balaban J connectivity index is 1.97. The van der Waals surface area contributed by atoms with Gasteiger partial charge in [-0.15, -0.1) is 5.10 Å².